The summed E-state index contributed by atoms with van der Waals surface area (Å²) >= 11 is 0. The van der Waals surface area contributed by atoms with Crippen molar-refractivity contribution >= 4 is 17.7 Å². The lowest BCUT2D eigenvalue weighted by atomic mass is 9.87. The van der Waals surface area contributed by atoms with Crippen LogP contribution in [0.15, 0.2) is 30.3 Å². The number of hydrogen-bond donors (Lipinski definition) is 1. The summed E-state index contributed by atoms with van der Waals surface area (Å²) in [5.74, 6) is -1.73. The van der Waals surface area contributed by atoms with Crippen molar-refractivity contribution in [2.24, 2.45) is 0 Å². The lowest BCUT2D eigenvalue weighted by Crippen LogP contribution is -2.52. The van der Waals surface area contributed by atoms with Gasteiger partial charge in [-0.15, -0.1) is 0 Å². The Bertz CT molecular complexity index is 1170. The average molecular weight is 468 g/mol. The number of piperidine rings is 2. The Morgan fingerprint density at radius 2 is 1.79 bits per heavy atom. The predicted molar refractivity (Wildman–Crippen MR) is 121 cm³/mol. The van der Waals surface area contributed by atoms with Crippen molar-refractivity contribution in [2.75, 3.05) is 13.1 Å². The molecule has 0 aromatic heterocycles. The molecular weight excluding hydrogens is 440 g/mol. The van der Waals surface area contributed by atoms with Crippen LogP contribution in [0.3, 0.4) is 0 Å². The van der Waals surface area contributed by atoms with Crippen molar-refractivity contribution in [3.63, 3.8) is 0 Å². The number of nitrogens with one attached hydrogen (secondary N) is 1. The highest BCUT2D eigenvalue weighted by Gasteiger charge is 2.40. The van der Waals surface area contributed by atoms with E-state index in [0.717, 1.165) is 37.1 Å². The van der Waals surface area contributed by atoms with Crippen LogP contribution in [0.2, 0.25) is 0 Å². The molecule has 2 aromatic rings. The Hall–Kier alpha value is -3.13. The molecule has 0 radical (unpaired) electrons. The van der Waals surface area contributed by atoms with E-state index in [1.54, 1.807) is 19.1 Å². The molecule has 1 N–H and O–H groups in total. The molecule has 3 aliphatic rings. The Balaban J connectivity index is 1.27. The highest BCUT2D eigenvalue weighted by Crippen LogP contribution is 2.35. The van der Waals surface area contributed by atoms with E-state index in [0.29, 0.717) is 23.2 Å². The fourth-order valence-corrected chi connectivity index (χ4v) is 5.39. The number of fused-ring (bicyclic) bond motifs is 1. The lowest BCUT2D eigenvalue weighted by Gasteiger charge is -2.32. The first-order valence-corrected chi connectivity index (χ1v) is 11.7. The highest BCUT2D eigenvalue weighted by atomic mass is 19.1. The summed E-state index contributed by atoms with van der Waals surface area (Å²) in [5, 5.41) is 2.28. The fraction of sp³-hybridized carbons (Fsp3) is 0.423. The summed E-state index contributed by atoms with van der Waals surface area (Å²) in [6.45, 7) is 4.25. The number of hydrogen-bond acceptors (Lipinski definition) is 4. The van der Waals surface area contributed by atoms with Gasteiger partial charge in [0.15, 0.2) is 0 Å². The van der Waals surface area contributed by atoms with Crippen LogP contribution in [0.4, 0.5) is 8.78 Å². The van der Waals surface area contributed by atoms with Crippen molar-refractivity contribution in [3.8, 4) is 0 Å². The molecule has 0 aliphatic carbocycles. The number of amides is 3. The number of halogens is 2. The molecule has 34 heavy (non-hydrogen) atoms. The van der Waals surface area contributed by atoms with Crippen molar-refractivity contribution in [1.29, 1.82) is 0 Å². The molecule has 1 unspecified atom stereocenters. The summed E-state index contributed by atoms with van der Waals surface area (Å²) in [6, 6.07) is 7.51. The van der Waals surface area contributed by atoms with Crippen LogP contribution >= 0.6 is 0 Å². The van der Waals surface area contributed by atoms with Crippen molar-refractivity contribution in [3.05, 3.63) is 69.8 Å². The number of nitrogens with zero attached hydrogens (tertiary/aromatic N) is 2. The maximum Gasteiger partial charge on any atom is 0.255 e. The van der Waals surface area contributed by atoms with Crippen LogP contribution in [0.25, 0.3) is 0 Å². The summed E-state index contributed by atoms with van der Waals surface area (Å²) in [4.78, 5) is 40.3. The zero-order valence-electron chi connectivity index (χ0n) is 19.1. The smallest absolute Gasteiger partial charge is 0.255 e. The largest absolute Gasteiger partial charge is 0.322 e. The molecule has 8 heteroatoms. The van der Waals surface area contributed by atoms with E-state index < -0.39 is 17.8 Å². The zero-order chi connectivity index (χ0) is 24.0. The molecule has 1 atom stereocenters. The summed E-state index contributed by atoms with van der Waals surface area (Å²) < 4.78 is 28.9. The van der Waals surface area contributed by atoms with Crippen molar-refractivity contribution in [1.82, 2.24) is 15.1 Å². The van der Waals surface area contributed by atoms with Gasteiger partial charge >= 0.3 is 0 Å². The lowest BCUT2D eigenvalue weighted by molar-refractivity contribution is -0.136. The van der Waals surface area contributed by atoms with Gasteiger partial charge in [0.25, 0.3) is 5.91 Å². The number of carbonyl (C=O) groups excluding carboxylic acids is 3. The van der Waals surface area contributed by atoms with E-state index in [1.165, 1.54) is 17.0 Å². The quantitative estimate of drug-likeness (QED) is 0.700. The van der Waals surface area contributed by atoms with Gasteiger partial charge in [-0.3, -0.25) is 24.6 Å². The normalized spacial score (nSPS) is 21.7. The van der Waals surface area contributed by atoms with E-state index in [9.17, 15) is 18.8 Å². The maximum atomic E-state index is 15.1. The Morgan fingerprint density at radius 3 is 2.53 bits per heavy atom. The molecule has 178 valence electrons. The molecule has 2 aromatic carbocycles. The van der Waals surface area contributed by atoms with Crippen LogP contribution in [-0.2, 0) is 22.7 Å². The number of carbonyl (C=O) groups is 3. The highest BCUT2D eigenvalue weighted by molar-refractivity contribution is 6.05. The van der Waals surface area contributed by atoms with E-state index in [1.807, 2.05) is 6.07 Å². The third-order valence-electron chi connectivity index (χ3n) is 7.44. The molecule has 0 spiro atoms. The van der Waals surface area contributed by atoms with Gasteiger partial charge in [0.05, 0.1) is 0 Å². The van der Waals surface area contributed by atoms with E-state index in [2.05, 4.69) is 10.2 Å². The monoisotopic (exact) mass is 467 g/mol. The molecule has 6 nitrogen and oxygen atoms in total. The number of imide groups is 1. The molecule has 0 saturated carbocycles. The van der Waals surface area contributed by atoms with Gasteiger partial charge in [-0.25, -0.2) is 8.78 Å². The Morgan fingerprint density at radius 1 is 1.03 bits per heavy atom. The maximum absolute atomic E-state index is 15.1. The van der Waals surface area contributed by atoms with Crippen LogP contribution in [-0.4, -0.2) is 46.7 Å². The van der Waals surface area contributed by atoms with E-state index >= 15 is 4.39 Å². The third kappa shape index (κ3) is 4.11. The minimum atomic E-state index is -0.710. The number of likely N-dealkylation sites (tertiary alicyclic amines) is 1. The zero-order valence-corrected chi connectivity index (χ0v) is 19.1. The Labute approximate surface area is 196 Å². The van der Waals surface area contributed by atoms with Crippen LogP contribution in [0, 0.1) is 18.6 Å². The first kappa shape index (κ1) is 22.7. The fourth-order valence-electron chi connectivity index (χ4n) is 5.39. The Kier molecular flexibility index (Phi) is 5.93. The molecule has 0 bridgehead atoms. The first-order valence-electron chi connectivity index (χ1n) is 11.7. The van der Waals surface area contributed by atoms with Gasteiger partial charge in [-0.2, -0.15) is 0 Å². The van der Waals surface area contributed by atoms with Crippen molar-refractivity contribution < 1.29 is 23.2 Å². The van der Waals surface area contributed by atoms with Gasteiger partial charge in [0, 0.05) is 25.1 Å². The van der Waals surface area contributed by atoms with E-state index in [-0.39, 0.29) is 42.9 Å². The second-order valence-electron chi connectivity index (χ2n) is 9.51. The molecule has 3 aliphatic heterocycles. The second-order valence-corrected chi connectivity index (χ2v) is 9.51. The topological polar surface area (TPSA) is 69.7 Å². The summed E-state index contributed by atoms with van der Waals surface area (Å²) in [6.07, 6.45) is 2.01. The minimum absolute atomic E-state index is 0.0370. The first-order chi connectivity index (χ1) is 16.3. The molecule has 2 fully saturated rings. The average Bonchev–Trinajstić information content (AvgIpc) is 3.12. The van der Waals surface area contributed by atoms with Gasteiger partial charge in [-0.05, 0) is 79.6 Å². The number of rotatable bonds is 4. The van der Waals surface area contributed by atoms with Crippen molar-refractivity contribution in [2.45, 2.75) is 57.7 Å². The molecule has 3 amide bonds. The van der Waals surface area contributed by atoms with Crippen LogP contribution < -0.4 is 5.32 Å². The predicted octanol–water partition coefficient (Wildman–Crippen LogP) is 3.41. The van der Waals surface area contributed by atoms with Gasteiger partial charge in [0.1, 0.15) is 17.7 Å². The third-order valence-corrected chi connectivity index (χ3v) is 7.44. The molecular formula is C26H27F2N3O3. The van der Waals surface area contributed by atoms with Gasteiger partial charge in [-0.1, -0.05) is 18.2 Å². The van der Waals surface area contributed by atoms with E-state index in [4.69, 9.17) is 0 Å². The summed E-state index contributed by atoms with van der Waals surface area (Å²) in [7, 11) is 0. The molecule has 2 saturated heterocycles. The molecule has 3 heterocycles. The van der Waals surface area contributed by atoms with Gasteiger partial charge < -0.3 is 4.90 Å². The summed E-state index contributed by atoms with van der Waals surface area (Å²) in [5.41, 5.74) is 3.26. The minimum Gasteiger partial charge on any atom is -0.322 e. The van der Waals surface area contributed by atoms with Crippen LogP contribution in [0.1, 0.15) is 64.2 Å². The SMILES string of the molecule is Cc1c(F)cccc1CN1CCC(c2cc3c(cc2F)C(=O)N(C2CCC(=O)NC2=O)C3)CC1. The standard InChI is InChI=1S/C26H27F2N3O3/c1-15-17(3-2-4-21(15)27)13-30-9-7-16(8-10-30)19-11-18-14-31(26(34)20(18)12-22(19)28)23-5-6-24(32)29-25(23)33/h2-4,11-12,16,23H,5-10,13-14H2,1H3,(H,29,32,33). The van der Waals surface area contributed by atoms with Crippen LogP contribution in [0.5, 0.6) is 0 Å². The van der Waals surface area contributed by atoms with Gasteiger partial charge in [0.2, 0.25) is 11.8 Å². The molecule has 5 rings (SSSR count). The number of benzene rings is 2. The second kappa shape index (κ2) is 8.91.